The molecule has 1 aromatic carbocycles. The number of rotatable bonds is 6. The van der Waals surface area contributed by atoms with Gasteiger partial charge in [0.1, 0.15) is 5.75 Å². The average Bonchev–Trinajstić information content (AvgIpc) is 2.49. The fourth-order valence-corrected chi connectivity index (χ4v) is 3.58. The zero-order valence-corrected chi connectivity index (χ0v) is 13.6. The summed E-state index contributed by atoms with van der Waals surface area (Å²) in [5, 5.41) is 0. The Balaban J connectivity index is 2.20. The normalized spacial score (nSPS) is 24.0. The van der Waals surface area contributed by atoms with Crippen molar-refractivity contribution < 1.29 is 4.74 Å². The van der Waals surface area contributed by atoms with Gasteiger partial charge in [-0.25, -0.2) is 0 Å². The molecule has 3 unspecified atom stereocenters. The number of nitrogens with one attached hydrogen (secondary N) is 1. The van der Waals surface area contributed by atoms with Crippen LogP contribution in [0.15, 0.2) is 24.3 Å². The van der Waals surface area contributed by atoms with Crippen molar-refractivity contribution in [1.29, 1.82) is 0 Å². The van der Waals surface area contributed by atoms with Gasteiger partial charge in [-0.15, -0.1) is 0 Å². The number of ether oxygens (including phenoxy) is 1. The molecule has 1 aliphatic carbocycles. The molecule has 0 aromatic heterocycles. The lowest BCUT2D eigenvalue weighted by atomic mass is 9.75. The maximum Gasteiger partial charge on any atom is 0.124 e. The van der Waals surface area contributed by atoms with Gasteiger partial charge in [0.2, 0.25) is 0 Å². The van der Waals surface area contributed by atoms with E-state index in [0.29, 0.717) is 5.92 Å². The number of hydrazine groups is 1. The Morgan fingerprint density at radius 2 is 2.05 bits per heavy atom. The van der Waals surface area contributed by atoms with Crippen LogP contribution in [-0.2, 0) is 0 Å². The number of benzene rings is 1. The van der Waals surface area contributed by atoms with Crippen molar-refractivity contribution in [3.63, 3.8) is 0 Å². The highest BCUT2D eigenvalue weighted by Gasteiger charge is 2.29. The number of nitrogens with two attached hydrogens (primary N) is 1. The Morgan fingerprint density at radius 1 is 1.29 bits per heavy atom. The summed E-state index contributed by atoms with van der Waals surface area (Å²) in [7, 11) is 0. The molecule has 118 valence electrons. The van der Waals surface area contributed by atoms with Crippen LogP contribution in [-0.4, -0.2) is 6.10 Å². The van der Waals surface area contributed by atoms with Crippen molar-refractivity contribution in [3.8, 4) is 5.75 Å². The topological polar surface area (TPSA) is 47.3 Å². The van der Waals surface area contributed by atoms with Gasteiger partial charge in [0, 0.05) is 5.56 Å². The van der Waals surface area contributed by atoms with E-state index in [0.717, 1.165) is 11.7 Å². The summed E-state index contributed by atoms with van der Waals surface area (Å²) < 4.78 is 5.98. The number of hydrogen-bond acceptors (Lipinski definition) is 3. The Morgan fingerprint density at radius 3 is 2.71 bits per heavy atom. The average molecular weight is 290 g/mol. The first-order valence-electron chi connectivity index (χ1n) is 8.37. The van der Waals surface area contributed by atoms with Crippen molar-refractivity contribution in [2.75, 3.05) is 0 Å². The SMILES string of the molecule is CCC1CCCC(C(NN)c2ccccc2OC(C)C)C1. The van der Waals surface area contributed by atoms with Gasteiger partial charge >= 0.3 is 0 Å². The summed E-state index contributed by atoms with van der Waals surface area (Å²) in [5.41, 5.74) is 4.27. The van der Waals surface area contributed by atoms with Crippen LogP contribution in [0.5, 0.6) is 5.75 Å². The zero-order chi connectivity index (χ0) is 15.2. The first-order valence-corrected chi connectivity index (χ1v) is 8.37. The minimum Gasteiger partial charge on any atom is -0.491 e. The van der Waals surface area contributed by atoms with E-state index in [1.54, 1.807) is 0 Å². The second kappa shape index (κ2) is 7.81. The minimum absolute atomic E-state index is 0.180. The highest BCUT2D eigenvalue weighted by Crippen LogP contribution is 2.40. The van der Waals surface area contributed by atoms with Crippen molar-refractivity contribution >= 4 is 0 Å². The standard InChI is InChI=1S/C18H30N2O/c1-4-14-8-7-9-15(12-14)18(20-19)16-10-5-6-11-17(16)21-13(2)3/h5-6,10-11,13-15,18,20H,4,7-9,12,19H2,1-3H3. The molecule has 0 radical (unpaired) electrons. The molecule has 3 nitrogen and oxygen atoms in total. The van der Waals surface area contributed by atoms with E-state index in [4.69, 9.17) is 10.6 Å². The van der Waals surface area contributed by atoms with Gasteiger partial charge in [-0.1, -0.05) is 44.4 Å². The third-order valence-corrected chi connectivity index (χ3v) is 4.67. The second-order valence-electron chi connectivity index (χ2n) is 6.55. The molecule has 1 fully saturated rings. The molecule has 3 atom stereocenters. The van der Waals surface area contributed by atoms with E-state index in [-0.39, 0.29) is 12.1 Å². The second-order valence-corrected chi connectivity index (χ2v) is 6.55. The molecule has 0 amide bonds. The molecular weight excluding hydrogens is 260 g/mol. The molecule has 3 heteroatoms. The van der Waals surface area contributed by atoms with E-state index < -0.39 is 0 Å². The van der Waals surface area contributed by atoms with E-state index in [2.05, 4.69) is 44.4 Å². The molecule has 1 aromatic rings. The maximum atomic E-state index is 5.98. The quantitative estimate of drug-likeness (QED) is 0.610. The Bertz CT molecular complexity index is 433. The minimum atomic E-state index is 0.180. The first kappa shape index (κ1) is 16.3. The summed E-state index contributed by atoms with van der Waals surface area (Å²) in [6.07, 6.45) is 6.66. The zero-order valence-electron chi connectivity index (χ0n) is 13.6. The lowest BCUT2D eigenvalue weighted by Crippen LogP contribution is -2.36. The smallest absolute Gasteiger partial charge is 0.124 e. The summed E-state index contributed by atoms with van der Waals surface area (Å²) in [5.74, 6) is 8.33. The Labute approximate surface area is 129 Å². The van der Waals surface area contributed by atoms with Crippen LogP contribution >= 0.6 is 0 Å². The van der Waals surface area contributed by atoms with Crippen LogP contribution < -0.4 is 16.0 Å². The largest absolute Gasteiger partial charge is 0.491 e. The fraction of sp³-hybridized carbons (Fsp3) is 0.667. The monoisotopic (exact) mass is 290 g/mol. The molecule has 1 saturated carbocycles. The lowest BCUT2D eigenvalue weighted by molar-refractivity contribution is 0.198. The van der Waals surface area contributed by atoms with Gasteiger partial charge in [-0.3, -0.25) is 11.3 Å². The van der Waals surface area contributed by atoms with Crippen LogP contribution in [0.3, 0.4) is 0 Å². The number of para-hydroxylation sites is 1. The third-order valence-electron chi connectivity index (χ3n) is 4.67. The van der Waals surface area contributed by atoms with Crippen molar-refractivity contribution in [2.45, 2.75) is 65.0 Å². The molecule has 0 spiro atoms. The van der Waals surface area contributed by atoms with Crippen LogP contribution in [0.4, 0.5) is 0 Å². The summed E-state index contributed by atoms with van der Waals surface area (Å²) in [4.78, 5) is 0. The predicted molar refractivity (Wildman–Crippen MR) is 88.0 cm³/mol. The predicted octanol–water partition coefficient (Wildman–Crippen LogP) is 4.19. The molecule has 0 saturated heterocycles. The van der Waals surface area contributed by atoms with Gasteiger partial charge in [0.15, 0.2) is 0 Å². The third kappa shape index (κ3) is 4.21. The molecule has 1 aliphatic rings. The van der Waals surface area contributed by atoms with Gasteiger partial charge in [0.05, 0.1) is 12.1 Å². The van der Waals surface area contributed by atoms with Gasteiger partial charge in [0.25, 0.3) is 0 Å². The number of hydrogen-bond donors (Lipinski definition) is 2. The molecular formula is C18H30N2O. The van der Waals surface area contributed by atoms with Gasteiger partial charge < -0.3 is 4.74 Å². The van der Waals surface area contributed by atoms with Crippen LogP contribution in [0.1, 0.15) is 64.5 Å². The van der Waals surface area contributed by atoms with E-state index in [1.165, 1.54) is 37.7 Å². The maximum absolute atomic E-state index is 5.98. The van der Waals surface area contributed by atoms with E-state index in [1.807, 2.05) is 6.07 Å². The lowest BCUT2D eigenvalue weighted by Gasteiger charge is -2.35. The van der Waals surface area contributed by atoms with Crippen molar-refractivity contribution in [1.82, 2.24) is 5.43 Å². The molecule has 0 aliphatic heterocycles. The van der Waals surface area contributed by atoms with Gasteiger partial charge in [-0.2, -0.15) is 0 Å². The van der Waals surface area contributed by atoms with Crippen molar-refractivity contribution in [2.24, 2.45) is 17.7 Å². The molecule has 0 heterocycles. The van der Waals surface area contributed by atoms with E-state index in [9.17, 15) is 0 Å². The highest BCUT2D eigenvalue weighted by molar-refractivity contribution is 5.36. The highest BCUT2D eigenvalue weighted by atomic mass is 16.5. The van der Waals surface area contributed by atoms with E-state index >= 15 is 0 Å². The molecule has 21 heavy (non-hydrogen) atoms. The summed E-state index contributed by atoms with van der Waals surface area (Å²) in [6.45, 7) is 6.43. The van der Waals surface area contributed by atoms with Crippen LogP contribution in [0.25, 0.3) is 0 Å². The first-order chi connectivity index (χ1) is 10.2. The molecule has 3 N–H and O–H groups in total. The molecule has 0 bridgehead atoms. The molecule has 2 rings (SSSR count). The van der Waals surface area contributed by atoms with Crippen LogP contribution in [0.2, 0.25) is 0 Å². The van der Waals surface area contributed by atoms with Crippen LogP contribution in [0, 0.1) is 11.8 Å². The fourth-order valence-electron chi connectivity index (χ4n) is 3.58. The van der Waals surface area contributed by atoms with Gasteiger partial charge in [-0.05, 0) is 44.6 Å². The Kier molecular flexibility index (Phi) is 6.07. The summed E-state index contributed by atoms with van der Waals surface area (Å²) in [6, 6.07) is 8.50. The summed E-state index contributed by atoms with van der Waals surface area (Å²) >= 11 is 0. The Hall–Kier alpha value is -1.06. The van der Waals surface area contributed by atoms with Crippen molar-refractivity contribution in [3.05, 3.63) is 29.8 Å².